The first-order chi connectivity index (χ1) is 7.63. The first-order valence-corrected chi connectivity index (χ1v) is 5.82. The maximum absolute atomic E-state index is 12.9. The first kappa shape index (κ1) is 13.1. The van der Waals surface area contributed by atoms with Crippen molar-refractivity contribution < 1.29 is 9.18 Å². The summed E-state index contributed by atoms with van der Waals surface area (Å²) in [6, 6.07) is 4.19. The van der Waals surface area contributed by atoms with Crippen molar-refractivity contribution in [1.82, 2.24) is 5.32 Å². The molecule has 1 aromatic carbocycles. The van der Waals surface area contributed by atoms with Gasteiger partial charge in [-0.05, 0) is 54.1 Å². The van der Waals surface area contributed by atoms with Gasteiger partial charge in [0, 0.05) is 10.9 Å². The summed E-state index contributed by atoms with van der Waals surface area (Å²) < 4.78 is 13.6. The smallest absolute Gasteiger partial charge is 0.224 e. The average molecular weight is 289 g/mol. The van der Waals surface area contributed by atoms with Gasteiger partial charge in [-0.2, -0.15) is 0 Å². The highest BCUT2D eigenvalue weighted by atomic mass is 79.9. The summed E-state index contributed by atoms with van der Waals surface area (Å²) in [4.78, 5) is 11.5. The number of carbonyl (C=O) groups is 1. The van der Waals surface area contributed by atoms with Crippen LogP contribution < -0.4 is 10.6 Å². The Morgan fingerprint density at radius 2 is 2.25 bits per heavy atom. The van der Waals surface area contributed by atoms with E-state index >= 15 is 0 Å². The van der Waals surface area contributed by atoms with Gasteiger partial charge in [-0.25, -0.2) is 4.39 Å². The molecule has 0 fully saturated rings. The zero-order valence-corrected chi connectivity index (χ0v) is 10.6. The number of carbonyl (C=O) groups excluding carboxylic acids is 1. The van der Waals surface area contributed by atoms with E-state index in [-0.39, 0.29) is 11.7 Å². The molecule has 5 heteroatoms. The van der Waals surface area contributed by atoms with E-state index in [1.165, 1.54) is 12.1 Å². The normalized spacial score (nSPS) is 10.2. The summed E-state index contributed by atoms with van der Waals surface area (Å²) >= 11 is 3.25. The van der Waals surface area contributed by atoms with Gasteiger partial charge in [-0.15, -0.1) is 0 Å². The van der Waals surface area contributed by atoms with Gasteiger partial charge in [0.25, 0.3) is 0 Å². The standard InChI is InChI=1S/C11H14BrFN2O/c1-14-6-2-3-11(16)15-10-7-8(13)4-5-9(10)12/h4-5,7,14H,2-3,6H2,1H3,(H,15,16). The summed E-state index contributed by atoms with van der Waals surface area (Å²) in [5, 5.41) is 5.61. The molecule has 88 valence electrons. The van der Waals surface area contributed by atoms with E-state index in [1.54, 1.807) is 6.07 Å². The molecule has 1 amide bonds. The minimum atomic E-state index is -0.367. The van der Waals surface area contributed by atoms with E-state index < -0.39 is 0 Å². The largest absolute Gasteiger partial charge is 0.325 e. The molecular formula is C11H14BrFN2O. The lowest BCUT2D eigenvalue weighted by Crippen LogP contribution is -2.15. The predicted octanol–water partition coefficient (Wildman–Crippen LogP) is 2.53. The number of nitrogens with one attached hydrogen (secondary N) is 2. The highest BCUT2D eigenvalue weighted by molar-refractivity contribution is 9.10. The minimum Gasteiger partial charge on any atom is -0.325 e. The van der Waals surface area contributed by atoms with E-state index in [9.17, 15) is 9.18 Å². The molecule has 2 N–H and O–H groups in total. The summed E-state index contributed by atoms with van der Waals surface area (Å²) in [5.74, 6) is -0.477. The number of anilines is 1. The molecule has 0 atom stereocenters. The van der Waals surface area contributed by atoms with Crippen LogP contribution in [-0.4, -0.2) is 19.5 Å². The highest BCUT2D eigenvalue weighted by Crippen LogP contribution is 2.23. The maximum atomic E-state index is 12.9. The Morgan fingerprint density at radius 1 is 1.50 bits per heavy atom. The van der Waals surface area contributed by atoms with Gasteiger partial charge in [0.05, 0.1) is 5.69 Å². The van der Waals surface area contributed by atoms with Gasteiger partial charge in [0.15, 0.2) is 0 Å². The number of hydrogen-bond donors (Lipinski definition) is 2. The molecule has 0 aromatic heterocycles. The van der Waals surface area contributed by atoms with E-state index in [4.69, 9.17) is 0 Å². The molecule has 0 saturated carbocycles. The minimum absolute atomic E-state index is 0.110. The molecule has 16 heavy (non-hydrogen) atoms. The van der Waals surface area contributed by atoms with Crippen LogP contribution in [0.4, 0.5) is 10.1 Å². The maximum Gasteiger partial charge on any atom is 0.224 e. The number of rotatable bonds is 5. The Kier molecular flexibility index (Phi) is 5.42. The molecule has 0 heterocycles. The van der Waals surface area contributed by atoms with Gasteiger partial charge in [0.1, 0.15) is 5.82 Å². The quantitative estimate of drug-likeness (QED) is 0.818. The van der Waals surface area contributed by atoms with Gasteiger partial charge >= 0.3 is 0 Å². The van der Waals surface area contributed by atoms with Gasteiger partial charge < -0.3 is 10.6 Å². The number of amides is 1. The second-order valence-corrected chi connectivity index (χ2v) is 4.23. The van der Waals surface area contributed by atoms with Crippen LogP contribution in [0.1, 0.15) is 12.8 Å². The highest BCUT2D eigenvalue weighted by Gasteiger charge is 2.06. The predicted molar refractivity (Wildman–Crippen MR) is 65.9 cm³/mol. The van der Waals surface area contributed by atoms with Crippen molar-refractivity contribution in [2.24, 2.45) is 0 Å². The van der Waals surface area contributed by atoms with Crippen molar-refractivity contribution in [3.63, 3.8) is 0 Å². The Balaban J connectivity index is 2.52. The molecule has 0 unspecified atom stereocenters. The number of hydrogen-bond acceptors (Lipinski definition) is 2. The third kappa shape index (κ3) is 4.28. The monoisotopic (exact) mass is 288 g/mol. The molecule has 0 bridgehead atoms. The van der Waals surface area contributed by atoms with Crippen molar-refractivity contribution in [2.45, 2.75) is 12.8 Å². The second kappa shape index (κ2) is 6.60. The second-order valence-electron chi connectivity index (χ2n) is 3.38. The van der Waals surface area contributed by atoms with Gasteiger partial charge in [-0.3, -0.25) is 4.79 Å². The zero-order chi connectivity index (χ0) is 12.0. The summed E-state index contributed by atoms with van der Waals surface area (Å²) in [6.07, 6.45) is 1.18. The topological polar surface area (TPSA) is 41.1 Å². The fourth-order valence-electron chi connectivity index (χ4n) is 1.23. The average Bonchev–Trinajstić information content (AvgIpc) is 2.24. The summed E-state index contributed by atoms with van der Waals surface area (Å²) in [7, 11) is 1.83. The molecule has 1 rings (SSSR count). The Bertz CT molecular complexity index is 371. The van der Waals surface area contributed by atoms with E-state index in [2.05, 4.69) is 26.6 Å². The Morgan fingerprint density at radius 3 is 2.94 bits per heavy atom. The third-order valence-electron chi connectivity index (χ3n) is 2.03. The van der Waals surface area contributed by atoms with Crippen LogP contribution >= 0.6 is 15.9 Å². The fraction of sp³-hybridized carbons (Fsp3) is 0.364. The molecule has 0 spiro atoms. The van der Waals surface area contributed by atoms with Crippen LogP contribution in [0.25, 0.3) is 0 Å². The molecule has 0 aliphatic rings. The summed E-state index contributed by atoms with van der Waals surface area (Å²) in [6.45, 7) is 0.789. The van der Waals surface area contributed by atoms with Crippen LogP contribution in [0, 0.1) is 5.82 Å². The number of halogens is 2. The van der Waals surface area contributed by atoms with Crippen molar-refractivity contribution >= 4 is 27.5 Å². The van der Waals surface area contributed by atoms with Crippen LogP contribution in [0.15, 0.2) is 22.7 Å². The Hall–Kier alpha value is -0.940. The van der Waals surface area contributed by atoms with Crippen LogP contribution in [0.3, 0.4) is 0 Å². The fourth-order valence-corrected chi connectivity index (χ4v) is 1.58. The van der Waals surface area contributed by atoms with Crippen molar-refractivity contribution in [2.75, 3.05) is 18.9 Å². The van der Waals surface area contributed by atoms with E-state index in [1.807, 2.05) is 7.05 Å². The van der Waals surface area contributed by atoms with Gasteiger partial charge in [0.2, 0.25) is 5.91 Å². The molecule has 0 radical (unpaired) electrons. The molecule has 0 aliphatic carbocycles. The molecule has 0 saturated heterocycles. The van der Waals surface area contributed by atoms with Crippen LogP contribution in [0.5, 0.6) is 0 Å². The van der Waals surface area contributed by atoms with Gasteiger partial charge in [-0.1, -0.05) is 0 Å². The number of benzene rings is 1. The third-order valence-corrected chi connectivity index (χ3v) is 2.72. The molecule has 0 aliphatic heterocycles. The lowest BCUT2D eigenvalue weighted by atomic mass is 10.2. The molecular weight excluding hydrogens is 275 g/mol. The van der Waals surface area contributed by atoms with E-state index in [0.29, 0.717) is 16.6 Å². The first-order valence-electron chi connectivity index (χ1n) is 5.03. The SMILES string of the molecule is CNCCCC(=O)Nc1cc(F)ccc1Br. The van der Waals surface area contributed by atoms with Crippen molar-refractivity contribution in [1.29, 1.82) is 0 Å². The van der Waals surface area contributed by atoms with E-state index in [0.717, 1.165) is 13.0 Å². The molecule has 1 aromatic rings. The zero-order valence-electron chi connectivity index (χ0n) is 9.02. The van der Waals surface area contributed by atoms with Crippen molar-refractivity contribution in [3.05, 3.63) is 28.5 Å². The molecule has 3 nitrogen and oxygen atoms in total. The van der Waals surface area contributed by atoms with Crippen molar-refractivity contribution in [3.8, 4) is 0 Å². The Labute approximate surface area is 103 Å². The lowest BCUT2D eigenvalue weighted by molar-refractivity contribution is -0.116. The summed E-state index contributed by atoms with van der Waals surface area (Å²) in [5.41, 5.74) is 0.467. The van der Waals surface area contributed by atoms with Crippen LogP contribution in [-0.2, 0) is 4.79 Å². The van der Waals surface area contributed by atoms with Crippen LogP contribution in [0.2, 0.25) is 0 Å². The lowest BCUT2D eigenvalue weighted by Gasteiger charge is -2.07.